The monoisotopic (exact) mass is 374 g/mol. The summed E-state index contributed by atoms with van der Waals surface area (Å²) in [5.74, 6) is -0.348. The molecule has 0 unspecified atom stereocenters. The number of nitrogens with one attached hydrogen (secondary N) is 2. The number of amides is 3. The lowest BCUT2D eigenvalue weighted by molar-refractivity contribution is -0.119. The highest BCUT2D eigenvalue weighted by Gasteiger charge is 2.21. The molecule has 1 atom stereocenters. The lowest BCUT2D eigenvalue weighted by Crippen LogP contribution is -2.47. The van der Waals surface area contributed by atoms with Gasteiger partial charge in [0, 0.05) is 16.0 Å². The SMILES string of the molecule is C[C@@H](Sc1cc(Cl)ccc1Cl)C(=O)NC(=O)NC1CCCCC1. The summed E-state index contributed by atoms with van der Waals surface area (Å²) in [6.45, 7) is 1.73. The van der Waals surface area contributed by atoms with E-state index in [0.717, 1.165) is 30.6 Å². The minimum Gasteiger partial charge on any atom is -0.335 e. The fraction of sp³-hybridized carbons (Fsp3) is 0.500. The van der Waals surface area contributed by atoms with Crippen LogP contribution in [0.5, 0.6) is 0 Å². The summed E-state index contributed by atoms with van der Waals surface area (Å²) in [7, 11) is 0. The first kappa shape index (κ1) is 18.4. The topological polar surface area (TPSA) is 58.2 Å². The van der Waals surface area contributed by atoms with E-state index in [0.29, 0.717) is 10.0 Å². The molecule has 1 aliphatic carbocycles. The molecule has 0 heterocycles. The van der Waals surface area contributed by atoms with Crippen LogP contribution in [0.4, 0.5) is 4.79 Å². The number of thioether (sulfide) groups is 1. The molecule has 0 bridgehead atoms. The van der Waals surface area contributed by atoms with E-state index in [9.17, 15) is 9.59 Å². The fourth-order valence-electron chi connectivity index (χ4n) is 2.49. The molecule has 0 spiro atoms. The van der Waals surface area contributed by atoms with Gasteiger partial charge in [-0.1, -0.05) is 42.5 Å². The highest BCUT2D eigenvalue weighted by atomic mass is 35.5. The van der Waals surface area contributed by atoms with Gasteiger partial charge in [0.15, 0.2) is 0 Å². The first-order valence-electron chi connectivity index (χ1n) is 7.69. The minimum atomic E-state index is -0.455. The van der Waals surface area contributed by atoms with Crippen LogP contribution in [-0.4, -0.2) is 23.2 Å². The van der Waals surface area contributed by atoms with Crippen molar-refractivity contribution in [2.75, 3.05) is 0 Å². The highest BCUT2D eigenvalue weighted by Crippen LogP contribution is 2.32. The molecule has 7 heteroatoms. The van der Waals surface area contributed by atoms with Crippen LogP contribution in [-0.2, 0) is 4.79 Å². The maximum absolute atomic E-state index is 12.1. The maximum Gasteiger partial charge on any atom is 0.321 e. The fourth-order valence-corrected chi connectivity index (χ4v) is 3.90. The Morgan fingerprint density at radius 3 is 2.61 bits per heavy atom. The van der Waals surface area contributed by atoms with Gasteiger partial charge in [-0.3, -0.25) is 10.1 Å². The van der Waals surface area contributed by atoms with E-state index in [4.69, 9.17) is 23.2 Å². The van der Waals surface area contributed by atoms with Crippen LogP contribution in [0.25, 0.3) is 0 Å². The van der Waals surface area contributed by atoms with E-state index in [-0.39, 0.29) is 11.9 Å². The molecule has 23 heavy (non-hydrogen) atoms. The Balaban J connectivity index is 1.84. The van der Waals surface area contributed by atoms with Gasteiger partial charge in [0.05, 0.1) is 10.3 Å². The molecule has 0 aliphatic heterocycles. The van der Waals surface area contributed by atoms with E-state index in [1.807, 2.05) is 0 Å². The van der Waals surface area contributed by atoms with Crippen molar-refractivity contribution >= 4 is 46.9 Å². The third-order valence-electron chi connectivity index (χ3n) is 3.74. The molecule has 1 aromatic rings. The summed E-state index contributed by atoms with van der Waals surface area (Å²) in [4.78, 5) is 24.7. The van der Waals surface area contributed by atoms with Crippen molar-refractivity contribution in [3.05, 3.63) is 28.2 Å². The summed E-state index contributed by atoms with van der Waals surface area (Å²) in [6.07, 6.45) is 5.41. The number of carbonyl (C=O) groups excluding carboxylic acids is 2. The molecule has 1 aliphatic rings. The molecule has 1 aromatic carbocycles. The van der Waals surface area contributed by atoms with Gasteiger partial charge in [-0.05, 0) is 38.0 Å². The van der Waals surface area contributed by atoms with Crippen LogP contribution < -0.4 is 10.6 Å². The quantitative estimate of drug-likeness (QED) is 0.755. The van der Waals surface area contributed by atoms with Gasteiger partial charge in [-0.2, -0.15) is 0 Å². The Hall–Kier alpha value is -0.910. The average Bonchev–Trinajstić information content (AvgIpc) is 2.51. The van der Waals surface area contributed by atoms with E-state index < -0.39 is 11.3 Å². The predicted molar refractivity (Wildman–Crippen MR) is 95.3 cm³/mol. The van der Waals surface area contributed by atoms with E-state index in [1.54, 1.807) is 25.1 Å². The third kappa shape index (κ3) is 5.90. The highest BCUT2D eigenvalue weighted by molar-refractivity contribution is 8.00. The number of carbonyl (C=O) groups is 2. The van der Waals surface area contributed by atoms with Crippen molar-refractivity contribution in [1.29, 1.82) is 0 Å². The minimum absolute atomic E-state index is 0.168. The molecule has 126 valence electrons. The molecule has 0 radical (unpaired) electrons. The average molecular weight is 375 g/mol. The summed E-state index contributed by atoms with van der Waals surface area (Å²) in [5, 5.41) is 5.89. The lowest BCUT2D eigenvalue weighted by atomic mass is 9.96. The zero-order chi connectivity index (χ0) is 16.8. The van der Waals surface area contributed by atoms with Crippen LogP contribution in [0.2, 0.25) is 10.0 Å². The maximum atomic E-state index is 12.1. The van der Waals surface area contributed by atoms with Crippen LogP contribution in [0.1, 0.15) is 39.0 Å². The molecule has 2 rings (SSSR count). The number of hydrogen-bond acceptors (Lipinski definition) is 3. The van der Waals surface area contributed by atoms with Gasteiger partial charge in [0.25, 0.3) is 0 Å². The smallest absolute Gasteiger partial charge is 0.321 e. The second kappa shape index (κ2) is 8.81. The first-order valence-corrected chi connectivity index (χ1v) is 9.32. The summed E-state index contributed by atoms with van der Waals surface area (Å²) < 4.78 is 0. The molecule has 0 saturated heterocycles. The third-order valence-corrected chi connectivity index (χ3v) is 5.58. The van der Waals surface area contributed by atoms with Crippen molar-refractivity contribution < 1.29 is 9.59 Å². The Morgan fingerprint density at radius 2 is 1.91 bits per heavy atom. The number of hydrogen-bond donors (Lipinski definition) is 2. The number of rotatable bonds is 4. The molecule has 1 fully saturated rings. The van der Waals surface area contributed by atoms with Gasteiger partial charge < -0.3 is 5.32 Å². The van der Waals surface area contributed by atoms with Crippen LogP contribution in [0.15, 0.2) is 23.1 Å². The molecule has 2 N–H and O–H groups in total. The normalized spacial score (nSPS) is 16.7. The van der Waals surface area contributed by atoms with Crippen molar-refractivity contribution in [3.63, 3.8) is 0 Å². The Labute approximate surface area is 150 Å². The van der Waals surface area contributed by atoms with Crippen molar-refractivity contribution in [1.82, 2.24) is 10.6 Å². The van der Waals surface area contributed by atoms with Crippen molar-refractivity contribution in [3.8, 4) is 0 Å². The zero-order valence-electron chi connectivity index (χ0n) is 12.9. The second-order valence-corrected chi connectivity index (χ2v) is 7.86. The first-order chi connectivity index (χ1) is 11.0. The number of imide groups is 1. The summed E-state index contributed by atoms with van der Waals surface area (Å²) in [6, 6.07) is 4.83. The molecular formula is C16H20Cl2N2O2S. The largest absolute Gasteiger partial charge is 0.335 e. The van der Waals surface area contributed by atoms with Crippen LogP contribution in [0.3, 0.4) is 0 Å². The van der Waals surface area contributed by atoms with Crippen LogP contribution in [0, 0.1) is 0 Å². The second-order valence-electron chi connectivity index (χ2n) is 5.63. The van der Waals surface area contributed by atoms with Gasteiger partial charge in [-0.15, -0.1) is 11.8 Å². The predicted octanol–water partition coefficient (Wildman–Crippen LogP) is 4.63. The molecular weight excluding hydrogens is 355 g/mol. The summed E-state index contributed by atoms with van der Waals surface area (Å²) in [5.41, 5.74) is 0. The molecule has 3 amide bonds. The van der Waals surface area contributed by atoms with Gasteiger partial charge in [-0.25, -0.2) is 4.79 Å². The standard InChI is InChI=1S/C16H20Cl2N2O2S/c1-10(23-14-9-11(17)7-8-13(14)18)15(21)20-16(22)19-12-5-3-2-4-6-12/h7-10,12H,2-6H2,1H3,(H2,19,20,21,22)/t10-/m1/s1. The Bertz CT molecular complexity index is 577. The van der Waals surface area contributed by atoms with Gasteiger partial charge >= 0.3 is 6.03 Å². The zero-order valence-corrected chi connectivity index (χ0v) is 15.2. The van der Waals surface area contributed by atoms with Gasteiger partial charge in [0.2, 0.25) is 5.91 Å². The van der Waals surface area contributed by atoms with Crippen molar-refractivity contribution in [2.24, 2.45) is 0 Å². The van der Waals surface area contributed by atoms with E-state index in [1.165, 1.54) is 18.2 Å². The van der Waals surface area contributed by atoms with Crippen LogP contribution >= 0.6 is 35.0 Å². The van der Waals surface area contributed by atoms with E-state index >= 15 is 0 Å². The number of urea groups is 1. The van der Waals surface area contributed by atoms with Gasteiger partial charge in [0.1, 0.15) is 0 Å². The Kier molecular flexibility index (Phi) is 7.06. The molecule has 1 saturated carbocycles. The summed E-state index contributed by atoms with van der Waals surface area (Å²) >= 11 is 13.3. The Morgan fingerprint density at radius 1 is 1.22 bits per heavy atom. The van der Waals surface area contributed by atoms with Crippen molar-refractivity contribution in [2.45, 2.75) is 55.2 Å². The van der Waals surface area contributed by atoms with E-state index in [2.05, 4.69) is 10.6 Å². The molecule has 4 nitrogen and oxygen atoms in total. The molecule has 0 aromatic heterocycles. The number of halogens is 2. The lowest BCUT2D eigenvalue weighted by Gasteiger charge is -2.23. The number of benzene rings is 1.